The Morgan fingerprint density at radius 1 is 1.06 bits per heavy atom. The third-order valence-corrected chi connectivity index (χ3v) is 6.91. The lowest BCUT2D eigenvalue weighted by atomic mass is 10.0. The number of hydrogen-bond acceptors (Lipinski definition) is 5. The van der Waals surface area contributed by atoms with Gasteiger partial charge in [-0.25, -0.2) is 9.91 Å². The molecule has 8 heteroatoms. The number of anilines is 1. The summed E-state index contributed by atoms with van der Waals surface area (Å²) in [5, 5.41) is 2.89. The number of benzene rings is 2. The second-order valence-electron chi connectivity index (χ2n) is 8.81. The van der Waals surface area contributed by atoms with E-state index in [2.05, 4.69) is 19.3 Å². The predicted octanol–water partition coefficient (Wildman–Crippen LogP) is 4.23. The Balaban J connectivity index is 1.62. The lowest BCUT2D eigenvalue weighted by Gasteiger charge is -2.28. The number of amides is 4. The minimum atomic E-state index is -1.13. The van der Waals surface area contributed by atoms with E-state index in [0.29, 0.717) is 17.2 Å². The van der Waals surface area contributed by atoms with Crippen molar-refractivity contribution in [2.75, 3.05) is 4.90 Å². The Bertz CT molecular complexity index is 1250. The van der Waals surface area contributed by atoms with Gasteiger partial charge in [0.15, 0.2) is 0 Å². The zero-order valence-corrected chi connectivity index (χ0v) is 20.7. The molecule has 35 heavy (non-hydrogen) atoms. The van der Waals surface area contributed by atoms with Crippen LogP contribution in [0.4, 0.5) is 5.69 Å². The number of nitrogens with one attached hydrogen (secondary N) is 1. The van der Waals surface area contributed by atoms with Gasteiger partial charge in [-0.15, -0.1) is 11.3 Å². The minimum Gasteiger partial charge on any atom is -0.274 e. The molecule has 2 aromatic carbocycles. The number of thiophene rings is 1. The fraction of sp³-hybridized carbons (Fsp3) is 0.259. The van der Waals surface area contributed by atoms with Gasteiger partial charge in [0.1, 0.15) is 6.04 Å². The third-order valence-electron chi connectivity index (χ3n) is 6.04. The summed E-state index contributed by atoms with van der Waals surface area (Å²) in [6, 6.07) is 16.7. The van der Waals surface area contributed by atoms with Gasteiger partial charge >= 0.3 is 0 Å². The number of hydrogen-bond donors (Lipinski definition) is 1. The second-order valence-corrected chi connectivity index (χ2v) is 9.84. The summed E-state index contributed by atoms with van der Waals surface area (Å²) in [6.07, 6.45) is -0.207. The summed E-state index contributed by atoms with van der Waals surface area (Å²) >= 11 is 1.41. The van der Waals surface area contributed by atoms with E-state index in [9.17, 15) is 19.2 Å². The van der Waals surface area contributed by atoms with Crippen molar-refractivity contribution < 1.29 is 19.2 Å². The van der Waals surface area contributed by atoms with Crippen LogP contribution in [-0.2, 0) is 20.8 Å². The molecule has 1 N–H and O–H groups in total. The van der Waals surface area contributed by atoms with E-state index in [4.69, 9.17) is 0 Å². The normalized spacial score (nSPS) is 15.5. The van der Waals surface area contributed by atoms with Crippen LogP contribution in [0.15, 0.2) is 66.0 Å². The van der Waals surface area contributed by atoms with Crippen molar-refractivity contribution in [3.05, 3.63) is 87.6 Å². The monoisotopic (exact) mass is 489 g/mol. The van der Waals surface area contributed by atoms with E-state index >= 15 is 0 Å². The summed E-state index contributed by atoms with van der Waals surface area (Å²) in [6.45, 7) is 5.91. The Kier molecular flexibility index (Phi) is 7.12. The first-order valence-corrected chi connectivity index (χ1v) is 12.3. The molecular formula is C27H27N3O4S. The number of aryl methyl sites for hydroxylation is 1. The highest BCUT2D eigenvalue weighted by atomic mass is 32.1. The van der Waals surface area contributed by atoms with Crippen molar-refractivity contribution in [2.24, 2.45) is 0 Å². The van der Waals surface area contributed by atoms with Crippen molar-refractivity contribution in [3.63, 3.8) is 0 Å². The van der Waals surface area contributed by atoms with Crippen LogP contribution in [0.1, 0.15) is 52.5 Å². The zero-order chi connectivity index (χ0) is 25.1. The number of hydrazine groups is 1. The van der Waals surface area contributed by atoms with Crippen molar-refractivity contribution in [1.29, 1.82) is 0 Å². The van der Waals surface area contributed by atoms with Gasteiger partial charge in [0, 0.05) is 10.4 Å². The Hall–Kier alpha value is -3.78. The van der Waals surface area contributed by atoms with E-state index in [1.165, 1.54) is 11.3 Å². The van der Waals surface area contributed by atoms with Gasteiger partial charge in [-0.3, -0.25) is 24.6 Å². The molecule has 1 fully saturated rings. The fourth-order valence-electron chi connectivity index (χ4n) is 4.06. The first-order valence-electron chi connectivity index (χ1n) is 11.4. The summed E-state index contributed by atoms with van der Waals surface area (Å²) in [5.74, 6) is -1.63. The molecular weight excluding hydrogens is 462 g/mol. The zero-order valence-electron chi connectivity index (χ0n) is 19.9. The van der Waals surface area contributed by atoms with Gasteiger partial charge in [-0.2, -0.15) is 0 Å². The van der Waals surface area contributed by atoms with Gasteiger partial charge in [0.2, 0.25) is 11.8 Å². The van der Waals surface area contributed by atoms with Crippen LogP contribution in [-0.4, -0.2) is 34.7 Å². The van der Waals surface area contributed by atoms with E-state index in [1.54, 1.807) is 37.3 Å². The van der Waals surface area contributed by atoms with Crippen molar-refractivity contribution in [2.45, 2.75) is 45.6 Å². The smallest absolute Gasteiger partial charge is 0.270 e. The Morgan fingerprint density at radius 2 is 1.77 bits per heavy atom. The second kappa shape index (κ2) is 10.2. The molecule has 2 heterocycles. The van der Waals surface area contributed by atoms with Crippen LogP contribution < -0.4 is 10.3 Å². The molecule has 4 rings (SSSR count). The molecule has 1 aromatic heterocycles. The molecule has 0 saturated carbocycles. The van der Waals surface area contributed by atoms with Crippen molar-refractivity contribution in [1.82, 2.24) is 10.4 Å². The quantitative estimate of drug-likeness (QED) is 0.415. The third kappa shape index (κ3) is 5.17. The molecule has 1 atom stereocenters. The molecule has 0 aliphatic carbocycles. The van der Waals surface area contributed by atoms with Crippen LogP contribution in [0.3, 0.4) is 0 Å². The molecule has 3 aromatic rings. The average molecular weight is 490 g/mol. The van der Waals surface area contributed by atoms with Gasteiger partial charge in [0.05, 0.1) is 18.5 Å². The van der Waals surface area contributed by atoms with Crippen LogP contribution >= 0.6 is 11.3 Å². The van der Waals surface area contributed by atoms with E-state index in [-0.39, 0.29) is 12.8 Å². The first kappa shape index (κ1) is 24.3. The SMILES string of the molecule is Cc1ccccc1C(=O)NN(C(=O)Cc1cccs1)C1CC(=O)N(c2ccc(C(C)C)cc2)C1=O. The summed E-state index contributed by atoms with van der Waals surface area (Å²) < 4.78 is 0. The van der Waals surface area contributed by atoms with Crippen LogP contribution in [0, 0.1) is 6.92 Å². The molecule has 1 aliphatic heterocycles. The maximum Gasteiger partial charge on any atom is 0.270 e. The summed E-state index contributed by atoms with van der Waals surface area (Å²) in [7, 11) is 0. The molecule has 7 nitrogen and oxygen atoms in total. The molecule has 180 valence electrons. The topological polar surface area (TPSA) is 86.8 Å². The van der Waals surface area contributed by atoms with Gasteiger partial charge in [0.25, 0.3) is 11.8 Å². The first-order chi connectivity index (χ1) is 16.8. The van der Waals surface area contributed by atoms with Crippen LogP contribution in [0.5, 0.6) is 0 Å². The molecule has 0 spiro atoms. The standard InChI is InChI=1S/C27H27N3O4S/c1-17(2)19-10-12-20(13-11-19)29-24(31)16-23(27(29)34)30(25(32)15-21-8-6-14-35-21)28-26(33)22-9-5-4-7-18(22)3/h4-14,17,23H,15-16H2,1-3H3,(H,28,33). The van der Waals surface area contributed by atoms with E-state index < -0.39 is 29.7 Å². The molecule has 1 saturated heterocycles. The molecule has 1 aliphatic rings. The van der Waals surface area contributed by atoms with Crippen molar-refractivity contribution in [3.8, 4) is 0 Å². The molecule has 4 amide bonds. The number of imide groups is 1. The Labute approximate surface area is 208 Å². The highest BCUT2D eigenvalue weighted by Crippen LogP contribution is 2.27. The van der Waals surface area contributed by atoms with Crippen LogP contribution in [0.2, 0.25) is 0 Å². The molecule has 0 bridgehead atoms. The van der Waals surface area contributed by atoms with E-state index in [0.717, 1.165) is 25.9 Å². The van der Waals surface area contributed by atoms with Crippen LogP contribution in [0.25, 0.3) is 0 Å². The molecule has 0 radical (unpaired) electrons. The maximum absolute atomic E-state index is 13.4. The maximum atomic E-state index is 13.4. The fourth-order valence-corrected chi connectivity index (χ4v) is 4.75. The highest BCUT2D eigenvalue weighted by Gasteiger charge is 2.45. The van der Waals surface area contributed by atoms with E-state index in [1.807, 2.05) is 35.7 Å². The number of nitrogens with zero attached hydrogens (tertiary/aromatic N) is 2. The number of carbonyl (C=O) groups excluding carboxylic acids is 4. The summed E-state index contributed by atoms with van der Waals surface area (Å²) in [5.41, 5.74) is 5.28. The lowest BCUT2D eigenvalue weighted by Crippen LogP contribution is -2.55. The van der Waals surface area contributed by atoms with Gasteiger partial charge in [-0.05, 0) is 53.6 Å². The van der Waals surface area contributed by atoms with Gasteiger partial charge < -0.3 is 0 Å². The predicted molar refractivity (Wildman–Crippen MR) is 135 cm³/mol. The number of rotatable bonds is 6. The highest BCUT2D eigenvalue weighted by molar-refractivity contribution is 7.10. The van der Waals surface area contributed by atoms with Crippen molar-refractivity contribution >= 4 is 40.7 Å². The van der Waals surface area contributed by atoms with Gasteiger partial charge in [-0.1, -0.05) is 50.2 Å². The average Bonchev–Trinajstić information content (AvgIpc) is 3.44. The summed E-state index contributed by atoms with van der Waals surface area (Å²) in [4.78, 5) is 54.6. The number of carbonyl (C=O) groups is 4. The lowest BCUT2D eigenvalue weighted by molar-refractivity contribution is -0.140. The minimum absolute atomic E-state index is 0.00672. The Morgan fingerprint density at radius 3 is 2.40 bits per heavy atom. The molecule has 1 unspecified atom stereocenters. The largest absolute Gasteiger partial charge is 0.274 e.